The molecule has 0 aromatic heterocycles. The van der Waals surface area contributed by atoms with Gasteiger partial charge < -0.3 is 24.5 Å². The molecule has 2 saturated heterocycles. The highest BCUT2D eigenvalue weighted by Gasteiger charge is 2.24. The molecule has 6 aromatic rings. The van der Waals surface area contributed by atoms with E-state index in [4.69, 9.17) is 0 Å². The number of hydrogen-bond acceptors (Lipinski definition) is 5. The summed E-state index contributed by atoms with van der Waals surface area (Å²) >= 11 is 0. The second kappa shape index (κ2) is 11.1. The predicted octanol–water partition coefficient (Wildman–Crippen LogP) is 9.39. The van der Waals surface area contributed by atoms with Gasteiger partial charge in [-0.2, -0.15) is 0 Å². The summed E-state index contributed by atoms with van der Waals surface area (Å²) in [6.07, 6.45) is 5.13. The van der Waals surface area contributed by atoms with E-state index in [2.05, 4.69) is 144 Å². The molecule has 45 heavy (non-hydrogen) atoms. The third-order valence-corrected chi connectivity index (χ3v) is 10.1. The van der Waals surface area contributed by atoms with Crippen LogP contribution in [0.1, 0.15) is 25.7 Å². The van der Waals surface area contributed by atoms with Crippen LogP contribution in [0.15, 0.2) is 91.0 Å². The molecule has 0 bridgehead atoms. The fourth-order valence-electron chi connectivity index (χ4n) is 7.68. The Bertz CT molecular complexity index is 1830. The highest BCUT2D eigenvalue weighted by atomic mass is 15.2. The van der Waals surface area contributed by atoms with E-state index in [1.165, 1.54) is 86.4 Å². The largest absolute Gasteiger partial charge is 0.378 e. The Labute approximate surface area is 267 Å². The predicted molar refractivity (Wildman–Crippen MR) is 196 cm³/mol. The van der Waals surface area contributed by atoms with Crippen LogP contribution in [0.3, 0.4) is 0 Å². The lowest BCUT2D eigenvalue weighted by atomic mass is 9.91. The maximum Gasteiger partial charge on any atom is 0.0473 e. The molecule has 0 unspecified atom stereocenters. The zero-order chi connectivity index (χ0) is 30.7. The van der Waals surface area contributed by atoms with Crippen LogP contribution in [0.4, 0.5) is 39.8 Å². The Hall–Kier alpha value is -4.64. The quantitative estimate of drug-likeness (QED) is 0.171. The third-order valence-electron chi connectivity index (χ3n) is 10.1. The summed E-state index contributed by atoms with van der Waals surface area (Å²) in [6, 6.07) is 34.6. The van der Waals surface area contributed by atoms with E-state index in [1.54, 1.807) is 0 Å². The first kappa shape index (κ1) is 27.9. The minimum Gasteiger partial charge on any atom is -0.378 e. The van der Waals surface area contributed by atoms with Crippen LogP contribution in [-0.2, 0) is 0 Å². The van der Waals surface area contributed by atoms with Crippen LogP contribution in [0.25, 0.3) is 32.3 Å². The lowest BCUT2D eigenvalue weighted by molar-refractivity contribution is 0.949. The van der Waals surface area contributed by atoms with Crippen LogP contribution < -0.4 is 24.5 Å². The summed E-state index contributed by atoms with van der Waals surface area (Å²) in [5.41, 5.74) is 8.71. The molecule has 5 nitrogen and oxygen atoms in total. The molecule has 0 aliphatic carbocycles. The van der Waals surface area contributed by atoms with Gasteiger partial charge in [0.1, 0.15) is 0 Å². The molecule has 0 radical (unpaired) electrons. The van der Waals surface area contributed by atoms with Crippen molar-refractivity contribution in [2.45, 2.75) is 25.7 Å². The van der Waals surface area contributed by atoms with Gasteiger partial charge in [-0.25, -0.2) is 0 Å². The fraction of sp³-hybridized carbons (Fsp3) is 0.300. The Morgan fingerprint density at radius 2 is 0.822 bits per heavy atom. The first-order chi connectivity index (χ1) is 22.0. The van der Waals surface area contributed by atoms with Gasteiger partial charge in [-0.15, -0.1) is 0 Å². The highest BCUT2D eigenvalue weighted by Crippen LogP contribution is 2.47. The smallest absolute Gasteiger partial charge is 0.0473 e. The second-order valence-corrected chi connectivity index (χ2v) is 13.3. The average molecular weight is 594 g/mol. The van der Waals surface area contributed by atoms with Crippen molar-refractivity contribution in [3.8, 4) is 0 Å². The number of rotatable bonds is 7. The van der Waals surface area contributed by atoms with Gasteiger partial charge in [0.15, 0.2) is 0 Å². The SMILES string of the molecule is CN(C)c1ccc(N(c2ccc(N(C)C)cc2)c2cc3ccc4c(N5CCCC5)cc(N5CCCC5)c5ccc(c2)c3c45)cc1. The second-order valence-electron chi connectivity index (χ2n) is 13.3. The summed E-state index contributed by atoms with van der Waals surface area (Å²) in [5.74, 6) is 0. The number of nitrogens with zero attached hydrogens (tertiary/aromatic N) is 5. The van der Waals surface area contributed by atoms with E-state index in [-0.39, 0.29) is 0 Å². The summed E-state index contributed by atoms with van der Waals surface area (Å²) in [7, 11) is 8.37. The van der Waals surface area contributed by atoms with Crippen LogP contribution in [0.2, 0.25) is 0 Å². The van der Waals surface area contributed by atoms with Crippen molar-refractivity contribution in [2.75, 3.05) is 78.9 Å². The monoisotopic (exact) mass is 593 g/mol. The zero-order valence-corrected chi connectivity index (χ0v) is 27.1. The third kappa shape index (κ3) is 4.77. The molecule has 0 spiro atoms. The molecule has 2 aliphatic heterocycles. The maximum absolute atomic E-state index is 2.63. The van der Waals surface area contributed by atoms with Gasteiger partial charge >= 0.3 is 0 Å². The summed E-state index contributed by atoms with van der Waals surface area (Å²) < 4.78 is 0. The van der Waals surface area contributed by atoms with Crippen molar-refractivity contribution in [3.63, 3.8) is 0 Å². The number of anilines is 7. The van der Waals surface area contributed by atoms with Crippen LogP contribution >= 0.6 is 0 Å². The summed E-state index contributed by atoms with van der Waals surface area (Å²) in [5, 5.41) is 8.21. The van der Waals surface area contributed by atoms with Gasteiger partial charge in [-0.05, 0) is 109 Å². The van der Waals surface area contributed by atoms with Gasteiger partial charge in [-0.1, -0.05) is 24.3 Å². The normalized spacial score (nSPS) is 15.2. The van der Waals surface area contributed by atoms with Crippen molar-refractivity contribution < 1.29 is 0 Å². The van der Waals surface area contributed by atoms with E-state index >= 15 is 0 Å². The zero-order valence-electron chi connectivity index (χ0n) is 27.1. The van der Waals surface area contributed by atoms with E-state index in [0.717, 1.165) is 37.6 Å². The minimum absolute atomic E-state index is 1.15. The van der Waals surface area contributed by atoms with Gasteiger partial charge in [0.25, 0.3) is 0 Å². The molecule has 0 N–H and O–H groups in total. The number of benzene rings is 6. The van der Waals surface area contributed by atoms with Gasteiger partial charge in [0.05, 0.1) is 0 Å². The molecular formula is C40H43N5. The molecule has 228 valence electrons. The van der Waals surface area contributed by atoms with Crippen LogP contribution in [0.5, 0.6) is 0 Å². The Morgan fingerprint density at radius 1 is 0.422 bits per heavy atom. The Morgan fingerprint density at radius 3 is 1.22 bits per heavy atom. The van der Waals surface area contributed by atoms with Gasteiger partial charge in [0.2, 0.25) is 0 Å². The first-order valence-corrected chi connectivity index (χ1v) is 16.6. The van der Waals surface area contributed by atoms with E-state index in [1.807, 2.05) is 0 Å². The molecule has 2 heterocycles. The van der Waals surface area contributed by atoms with Crippen LogP contribution in [0, 0.1) is 0 Å². The Balaban J connectivity index is 1.34. The van der Waals surface area contributed by atoms with Gasteiger partial charge in [0, 0.05) is 110 Å². The van der Waals surface area contributed by atoms with E-state index < -0.39 is 0 Å². The lowest BCUT2D eigenvalue weighted by Gasteiger charge is -2.29. The van der Waals surface area contributed by atoms with E-state index in [0.29, 0.717) is 0 Å². The van der Waals surface area contributed by atoms with Crippen molar-refractivity contribution >= 4 is 72.1 Å². The topological polar surface area (TPSA) is 16.2 Å². The molecule has 5 heteroatoms. The highest BCUT2D eigenvalue weighted by molar-refractivity contribution is 6.28. The van der Waals surface area contributed by atoms with Crippen LogP contribution in [-0.4, -0.2) is 54.4 Å². The minimum atomic E-state index is 1.15. The van der Waals surface area contributed by atoms with E-state index in [9.17, 15) is 0 Å². The van der Waals surface area contributed by atoms with Crippen molar-refractivity contribution in [1.82, 2.24) is 0 Å². The maximum atomic E-state index is 2.63. The number of hydrogen-bond donors (Lipinski definition) is 0. The molecule has 8 rings (SSSR count). The summed E-state index contributed by atoms with van der Waals surface area (Å²) in [4.78, 5) is 12.0. The average Bonchev–Trinajstić information content (AvgIpc) is 3.80. The van der Waals surface area contributed by atoms with Gasteiger partial charge in [-0.3, -0.25) is 0 Å². The van der Waals surface area contributed by atoms with Crippen molar-refractivity contribution in [3.05, 3.63) is 91.0 Å². The van der Waals surface area contributed by atoms with Crippen molar-refractivity contribution in [1.29, 1.82) is 0 Å². The molecule has 2 aliphatic rings. The lowest BCUT2D eigenvalue weighted by Crippen LogP contribution is -2.21. The molecule has 0 saturated carbocycles. The molecule has 0 amide bonds. The standard InChI is InChI=1S/C40H43N5/c1-41(2)30-11-15-32(16-12-30)45(33-17-13-31(14-18-33)42(3)4)34-25-28-9-19-35-37(43-21-5-6-22-43)27-38(44-23-7-8-24-44)36-20-10-29(26-34)39(28)40(35)36/h9-20,25-27H,5-8,21-24H2,1-4H3. The van der Waals surface area contributed by atoms with Crippen molar-refractivity contribution in [2.24, 2.45) is 0 Å². The fourth-order valence-corrected chi connectivity index (χ4v) is 7.68. The first-order valence-electron chi connectivity index (χ1n) is 16.6. The summed E-state index contributed by atoms with van der Waals surface area (Å²) in [6.45, 7) is 4.62. The Kier molecular flexibility index (Phi) is 6.85. The molecule has 0 atom stereocenters. The molecular weight excluding hydrogens is 550 g/mol. The molecule has 2 fully saturated rings. The molecule has 6 aromatic carbocycles.